The summed E-state index contributed by atoms with van der Waals surface area (Å²) in [7, 11) is -9.91. The van der Waals surface area contributed by atoms with E-state index in [1.807, 2.05) is 0 Å². The second kappa shape index (κ2) is 68.5. The fourth-order valence-corrected chi connectivity index (χ4v) is 13.5. The maximum atomic E-state index is 13.1. The number of rotatable bonds is 76. The summed E-state index contributed by atoms with van der Waals surface area (Å²) in [4.78, 5) is 72.9. The number of carbonyl (C=O) groups is 4. The van der Waals surface area contributed by atoms with E-state index in [0.717, 1.165) is 108 Å². The van der Waals surface area contributed by atoms with Gasteiger partial charge in [0.1, 0.15) is 19.3 Å². The molecule has 0 bridgehead atoms. The second-order valence-electron chi connectivity index (χ2n) is 29.1. The molecule has 19 heteroatoms. The number of hydrogen-bond donors (Lipinski definition) is 3. The highest BCUT2D eigenvalue weighted by atomic mass is 31.2. The average molecular weight is 1420 g/mol. The van der Waals surface area contributed by atoms with E-state index in [0.29, 0.717) is 25.7 Å². The second-order valence-corrected chi connectivity index (χ2v) is 32.0. The molecule has 0 amide bonds. The Kier molecular flexibility index (Phi) is 67.1. The Morgan fingerprint density at radius 2 is 0.526 bits per heavy atom. The predicted molar refractivity (Wildman–Crippen MR) is 395 cm³/mol. The standard InChI is InChI=1S/C78H152O17P2/c1-8-11-12-13-14-15-16-26-29-38-45-52-59-75(80)88-65-74(95-78(83)62-55-48-41-34-32-37-44-51-58-71(7)10-3)68-93-97(86,87)91-64-72(79)63-90-96(84,85)92-67-73(66-89-76(81)60-53-46-39-33-31-36-43-50-57-70(6)9-2)94-77(82)61-54-47-40-30-27-24-22-20-18-17-19-21-23-25-28-35-42-49-56-69(4)5/h69-74,79H,8-68H2,1-7H3,(H,84,85)(H,86,87)/t70?,71?,72-,73-,74-/m1/s1. The molecule has 0 aliphatic rings. The van der Waals surface area contributed by atoms with Gasteiger partial charge in [-0.3, -0.25) is 37.3 Å². The van der Waals surface area contributed by atoms with Gasteiger partial charge in [0.15, 0.2) is 12.2 Å². The average Bonchev–Trinajstić information content (AvgIpc) is 1.21. The number of phosphoric ester groups is 2. The summed E-state index contributed by atoms with van der Waals surface area (Å²) in [6.07, 6.45) is 55.4. The van der Waals surface area contributed by atoms with Gasteiger partial charge in [0.25, 0.3) is 0 Å². The molecule has 97 heavy (non-hydrogen) atoms. The number of hydrogen-bond acceptors (Lipinski definition) is 15. The van der Waals surface area contributed by atoms with Crippen LogP contribution >= 0.6 is 15.6 Å². The van der Waals surface area contributed by atoms with Crippen LogP contribution in [0, 0.1) is 17.8 Å². The van der Waals surface area contributed by atoms with Gasteiger partial charge in [0.2, 0.25) is 0 Å². The van der Waals surface area contributed by atoms with E-state index < -0.39 is 97.5 Å². The highest BCUT2D eigenvalue weighted by Crippen LogP contribution is 2.45. The molecule has 0 rings (SSSR count). The molecule has 0 heterocycles. The summed E-state index contributed by atoms with van der Waals surface area (Å²) < 4.78 is 68.6. The van der Waals surface area contributed by atoms with E-state index >= 15 is 0 Å². The van der Waals surface area contributed by atoms with Gasteiger partial charge in [-0.2, -0.15) is 0 Å². The van der Waals surface area contributed by atoms with Crippen molar-refractivity contribution in [3.63, 3.8) is 0 Å². The number of ether oxygens (including phenoxy) is 4. The SMILES string of the molecule is CCCCCCCCCCCCCCC(=O)OC[C@H](COP(=O)(O)OC[C@H](O)COP(=O)(O)OC[C@@H](COC(=O)CCCCCCCCCCC(C)CC)OC(=O)CCCCCCCCCCCCCCCCCCCCC(C)C)OC(=O)CCCCCCCCCCC(C)CC. The van der Waals surface area contributed by atoms with Crippen molar-refractivity contribution in [2.75, 3.05) is 39.6 Å². The molecule has 0 aliphatic carbocycles. The van der Waals surface area contributed by atoms with Gasteiger partial charge >= 0.3 is 39.5 Å². The van der Waals surface area contributed by atoms with Crippen LogP contribution in [-0.2, 0) is 65.4 Å². The molecular formula is C78H152O17P2. The lowest BCUT2D eigenvalue weighted by Crippen LogP contribution is -2.30. The Hall–Kier alpha value is -1.94. The Morgan fingerprint density at radius 1 is 0.299 bits per heavy atom. The Balaban J connectivity index is 5.22. The maximum Gasteiger partial charge on any atom is 0.472 e. The summed E-state index contributed by atoms with van der Waals surface area (Å²) in [5.41, 5.74) is 0. The minimum Gasteiger partial charge on any atom is -0.462 e. The van der Waals surface area contributed by atoms with Crippen LogP contribution in [0.2, 0.25) is 0 Å². The Labute approximate surface area is 594 Å². The van der Waals surface area contributed by atoms with Crippen LogP contribution in [0.5, 0.6) is 0 Å². The van der Waals surface area contributed by atoms with Gasteiger partial charge in [-0.15, -0.1) is 0 Å². The number of aliphatic hydroxyl groups is 1. The molecule has 7 atom stereocenters. The minimum atomic E-state index is -4.96. The van der Waals surface area contributed by atoms with Gasteiger partial charge in [-0.05, 0) is 43.4 Å². The number of carbonyl (C=O) groups excluding carboxylic acids is 4. The molecule has 0 aromatic rings. The van der Waals surface area contributed by atoms with E-state index in [4.69, 9.17) is 37.0 Å². The predicted octanol–water partition coefficient (Wildman–Crippen LogP) is 23.0. The molecule has 17 nitrogen and oxygen atoms in total. The first-order chi connectivity index (χ1) is 46.8. The van der Waals surface area contributed by atoms with Crippen molar-refractivity contribution >= 4 is 39.5 Å². The lowest BCUT2D eigenvalue weighted by Gasteiger charge is -2.21. The van der Waals surface area contributed by atoms with E-state index in [9.17, 15) is 43.2 Å². The molecule has 576 valence electrons. The first-order valence-corrected chi connectivity index (χ1v) is 43.4. The molecular weight excluding hydrogens is 1270 g/mol. The van der Waals surface area contributed by atoms with Crippen LogP contribution < -0.4 is 0 Å². The van der Waals surface area contributed by atoms with Crippen molar-refractivity contribution in [1.29, 1.82) is 0 Å². The lowest BCUT2D eigenvalue weighted by atomic mass is 9.99. The molecule has 4 unspecified atom stereocenters. The molecule has 0 aliphatic heterocycles. The molecule has 0 fully saturated rings. The number of esters is 4. The molecule has 0 saturated heterocycles. The smallest absolute Gasteiger partial charge is 0.462 e. The normalized spacial score (nSPS) is 14.6. The Morgan fingerprint density at radius 3 is 0.784 bits per heavy atom. The molecule has 3 N–H and O–H groups in total. The maximum absolute atomic E-state index is 13.1. The van der Waals surface area contributed by atoms with Crippen molar-refractivity contribution in [3.8, 4) is 0 Å². The van der Waals surface area contributed by atoms with Crippen molar-refractivity contribution in [1.82, 2.24) is 0 Å². The summed E-state index contributed by atoms with van der Waals surface area (Å²) >= 11 is 0. The van der Waals surface area contributed by atoms with Crippen molar-refractivity contribution in [2.45, 2.75) is 420 Å². The zero-order chi connectivity index (χ0) is 71.6. The summed E-state index contributed by atoms with van der Waals surface area (Å²) in [5, 5.41) is 10.6. The first-order valence-electron chi connectivity index (χ1n) is 40.4. The molecule has 0 spiro atoms. The fraction of sp³-hybridized carbons (Fsp3) is 0.949. The van der Waals surface area contributed by atoms with Crippen LogP contribution in [0.25, 0.3) is 0 Å². The topological polar surface area (TPSA) is 237 Å². The highest BCUT2D eigenvalue weighted by molar-refractivity contribution is 7.47. The molecule has 0 radical (unpaired) electrons. The largest absolute Gasteiger partial charge is 0.472 e. The summed E-state index contributed by atoms with van der Waals surface area (Å²) in [5.74, 6) is 0.251. The van der Waals surface area contributed by atoms with E-state index in [2.05, 4.69) is 48.5 Å². The van der Waals surface area contributed by atoms with E-state index in [-0.39, 0.29) is 25.7 Å². The van der Waals surface area contributed by atoms with Crippen molar-refractivity contribution in [2.24, 2.45) is 17.8 Å². The van der Waals surface area contributed by atoms with Gasteiger partial charge in [-0.1, -0.05) is 350 Å². The minimum absolute atomic E-state index is 0.105. The highest BCUT2D eigenvalue weighted by Gasteiger charge is 2.30. The van der Waals surface area contributed by atoms with Gasteiger partial charge in [-0.25, -0.2) is 9.13 Å². The van der Waals surface area contributed by atoms with E-state index in [1.165, 1.54) is 212 Å². The van der Waals surface area contributed by atoms with Crippen molar-refractivity contribution < 1.29 is 80.2 Å². The van der Waals surface area contributed by atoms with Crippen molar-refractivity contribution in [3.05, 3.63) is 0 Å². The zero-order valence-electron chi connectivity index (χ0n) is 63.5. The van der Waals surface area contributed by atoms with Crippen LogP contribution in [0.3, 0.4) is 0 Å². The van der Waals surface area contributed by atoms with Gasteiger partial charge < -0.3 is 33.8 Å². The lowest BCUT2D eigenvalue weighted by molar-refractivity contribution is -0.161. The number of phosphoric acid groups is 2. The Bertz CT molecular complexity index is 1890. The third kappa shape index (κ3) is 69.5. The number of aliphatic hydroxyl groups excluding tert-OH is 1. The quantitative estimate of drug-likeness (QED) is 0.0222. The fourth-order valence-electron chi connectivity index (χ4n) is 11.9. The van der Waals surface area contributed by atoms with Crippen LogP contribution in [0.15, 0.2) is 0 Å². The molecule has 0 saturated carbocycles. The molecule has 0 aromatic carbocycles. The van der Waals surface area contributed by atoms with Crippen LogP contribution in [0.1, 0.15) is 402 Å². The van der Waals surface area contributed by atoms with E-state index in [1.54, 1.807) is 0 Å². The summed E-state index contributed by atoms with van der Waals surface area (Å²) in [6.45, 7) is 11.9. The monoisotopic (exact) mass is 1420 g/mol. The molecule has 0 aromatic heterocycles. The zero-order valence-corrected chi connectivity index (χ0v) is 65.3. The third-order valence-corrected chi connectivity index (χ3v) is 20.8. The van der Waals surface area contributed by atoms with Crippen LogP contribution in [0.4, 0.5) is 0 Å². The summed E-state index contributed by atoms with van der Waals surface area (Å²) in [6, 6.07) is 0. The van der Waals surface area contributed by atoms with Gasteiger partial charge in [0.05, 0.1) is 26.4 Å². The van der Waals surface area contributed by atoms with Crippen LogP contribution in [-0.4, -0.2) is 96.7 Å². The number of unbranched alkanes of at least 4 members (excludes halogenated alkanes) is 42. The van der Waals surface area contributed by atoms with Gasteiger partial charge in [0, 0.05) is 25.7 Å². The third-order valence-electron chi connectivity index (χ3n) is 18.9. The first kappa shape index (κ1) is 95.1.